The Morgan fingerprint density at radius 2 is 1.91 bits per heavy atom. The van der Waals surface area contributed by atoms with Gasteiger partial charge in [-0.15, -0.1) is 5.10 Å². The Morgan fingerprint density at radius 3 is 2.68 bits per heavy atom. The van der Waals surface area contributed by atoms with Gasteiger partial charge in [0.25, 0.3) is 0 Å². The maximum Gasteiger partial charge on any atom is 0.322 e. The molecule has 0 aliphatic heterocycles. The predicted octanol–water partition coefficient (Wildman–Crippen LogP) is 1.11. The number of carbonyl (C=O) groups is 1. The van der Waals surface area contributed by atoms with E-state index in [1.807, 2.05) is 12.1 Å². The van der Waals surface area contributed by atoms with E-state index in [1.54, 1.807) is 36.7 Å². The van der Waals surface area contributed by atoms with Crippen molar-refractivity contribution < 1.29 is 9.21 Å². The summed E-state index contributed by atoms with van der Waals surface area (Å²) >= 11 is 0. The topological polar surface area (TPSA) is 80.9 Å². The minimum atomic E-state index is -0.275. The number of anilines is 1. The maximum atomic E-state index is 12.0. The predicted molar refractivity (Wildman–Crippen MR) is 81.7 cm³/mol. The summed E-state index contributed by atoms with van der Waals surface area (Å²) in [5.74, 6) is 0.0414. The molecule has 1 aromatic carbocycles. The first kappa shape index (κ1) is 14.0. The first-order chi connectivity index (χ1) is 10.7. The SMILES string of the molecule is [B]c1ccccc1CC(=O)Nc1nnc(-c2ccncc2)o1. The third-order valence-electron chi connectivity index (χ3n) is 3.00. The van der Waals surface area contributed by atoms with E-state index in [1.165, 1.54) is 0 Å². The van der Waals surface area contributed by atoms with Gasteiger partial charge < -0.3 is 4.42 Å². The van der Waals surface area contributed by atoms with Crippen LogP contribution in [0.3, 0.4) is 0 Å². The number of nitrogens with zero attached hydrogens (tertiary/aromatic N) is 3. The minimum absolute atomic E-state index is 0.0475. The number of nitrogens with one attached hydrogen (secondary N) is 1. The summed E-state index contributed by atoms with van der Waals surface area (Å²) in [4.78, 5) is 15.9. The standard InChI is InChI=1S/C15H11BN4O2/c16-12-4-2-1-3-11(12)9-13(21)18-15-20-19-14(22-15)10-5-7-17-8-6-10/h1-8H,9H2,(H,18,20,21). The van der Waals surface area contributed by atoms with E-state index in [-0.39, 0.29) is 18.3 Å². The van der Waals surface area contributed by atoms with Crippen LogP contribution in [0.5, 0.6) is 0 Å². The highest BCUT2D eigenvalue weighted by Gasteiger charge is 2.12. The summed E-state index contributed by atoms with van der Waals surface area (Å²) in [5, 5.41) is 10.2. The number of amides is 1. The van der Waals surface area contributed by atoms with E-state index in [4.69, 9.17) is 12.3 Å². The Labute approximate surface area is 128 Å². The molecule has 0 atom stereocenters. The molecule has 3 rings (SSSR count). The summed E-state index contributed by atoms with van der Waals surface area (Å²) in [7, 11) is 5.81. The summed E-state index contributed by atoms with van der Waals surface area (Å²) < 4.78 is 5.40. The van der Waals surface area contributed by atoms with Crippen molar-refractivity contribution in [2.45, 2.75) is 6.42 Å². The van der Waals surface area contributed by atoms with Crippen LogP contribution >= 0.6 is 0 Å². The van der Waals surface area contributed by atoms with Gasteiger partial charge in [-0.25, -0.2) is 0 Å². The lowest BCUT2D eigenvalue weighted by atomic mass is 9.89. The molecule has 22 heavy (non-hydrogen) atoms. The summed E-state index contributed by atoms with van der Waals surface area (Å²) in [5.41, 5.74) is 2.05. The molecule has 0 spiro atoms. The Kier molecular flexibility index (Phi) is 3.96. The van der Waals surface area contributed by atoms with Crippen molar-refractivity contribution in [3.63, 3.8) is 0 Å². The van der Waals surface area contributed by atoms with Gasteiger partial charge in [-0.05, 0) is 17.7 Å². The van der Waals surface area contributed by atoms with Gasteiger partial charge in [-0.1, -0.05) is 34.8 Å². The van der Waals surface area contributed by atoms with E-state index >= 15 is 0 Å². The highest BCUT2D eigenvalue weighted by molar-refractivity contribution is 6.33. The van der Waals surface area contributed by atoms with Crippen LogP contribution in [0, 0.1) is 0 Å². The molecule has 0 aliphatic rings. The average Bonchev–Trinajstić information content (AvgIpc) is 2.99. The number of hydrogen-bond acceptors (Lipinski definition) is 5. The van der Waals surface area contributed by atoms with Crippen LogP contribution < -0.4 is 10.8 Å². The zero-order valence-electron chi connectivity index (χ0n) is 11.6. The van der Waals surface area contributed by atoms with Crippen LogP contribution in [0.25, 0.3) is 11.5 Å². The molecular formula is C15H11BN4O2. The van der Waals surface area contributed by atoms with Crippen molar-refractivity contribution in [2.24, 2.45) is 0 Å². The zero-order chi connectivity index (χ0) is 15.4. The number of rotatable bonds is 4. The van der Waals surface area contributed by atoms with Crippen LogP contribution in [0.15, 0.2) is 53.2 Å². The van der Waals surface area contributed by atoms with E-state index in [2.05, 4.69) is 20.5 Å². The molecule has 2 aromatic heterocycles. The van der Waals surface area contributed by atoms with Crippen molar-refractivity contribution in [1.82, 2.24) is 15.2 Å². The van der Waals surface area contributed by atoms with Crippen LogP contribution in [0.2, 0.25) is 0 Å². The number of aromatic nitrogens is 3. The fourth-order valence-corrected chi connectivity index (χ4v) is 1.92. The first-order valence-corrected chi connectivity index (χ1v) is 6.59. The molecule has 7 heteroatoms. The lowest BCUT2D eigenvalue weighted by molar-refractivity contribution is -0.115. The van der Waals surface area contributed by atoms with Crippen molar-refractivity contribution in [3.05, 3.63) is 54.4 Å². The van der Waals surface area contributed by atoms with Gasteiger partial charge in [0.05, 0.1) is 6.42 Å². The number of pyridine rings is 1. The molecule has 0 fully saturated rings. The van der Waals surface area contributed by atoms with Gasteiger partial charge in [0.2, 0.25) is 11.8 Å². The molecule has 1 amide bonds. The van der Waals surface area contributed by atoms with Gasteiger partial charge in [0, 0.05) is 18.0 Å². The quantitative estimate of drug-likeness (QED) is 0.728. The number of hydrogen-bond donors (Lipinski definition) is 1. The van der Waals surface area contributed by atoms with E-state index in [9.17, 15) is 4.79 Å². The molecule has 0 unspecified atom stereocenters. The van der Waals surface area contributed by atoms with Crippen LogP contribution in [0.4, 0.5) is 6.01 Å². The number of carbonyl (C=O) groups excluding carboxylic acids is 1. The van der Waals surface area contributed by atoms with Crippen LogP contribution in [0.1, 0.15) is 5.56 Å². The second-order valence-electron chi connectivity index (χ2n) is 4.57. The zero-order valence-corrected chi connectivity index (χ0v) is 11.6. The smallest absolute Gasteiger partial charge is 0.322 e. The van der Waals surface area contributed by atoms with Gasteiger partial charge in [0.1, 0.15) is 7.85 Å². The molecule has 3 aromatic rings. The normalized spacial score (nSPS) is 10.4. The van der Waals surface area contributed by atoms with Gasteiger partial charge in [-0.2, -0.15) is 0 Å². The molecule has 0 aliphatic carbocycles. The van der Waals surface area contributed by atoms with Crippen molar-refractivity contribution in [2.75, 3.05) is 5.32 Å². The second kappa shape index (κ2) is 6.21. The molecule has 106 valence electrons. The Balaban J connectivity index is 1.68. The molecule has 0 bridgehead atoms. The Morgan fingerprint density at radius 1 is 1.14 bits per heavy atom. The molecule has 0 saturated carbocycles. The third-order valence-corrected chi connectivity index (χ3v) is 3.00. The average molecular weight is 290 g/mol. The summed E-state index contributed by atoms with van der Waals surface area (Å²) in [6.07, 6.45) is 3.38. The Hall–Kier alpha value is -2.96. The first-order valence-electron chi connectivity index (χ1n) is 6.59. The minimum Gasteiger partial charge on any atom is -0.403 e. The highest BCUT2D eigenvalue weighted by atomic mass is 16.4. The molecule has 0 saturated heterocycles. The molecule has 6 nitrogen and oxygen atoms in total. The van der Waals surface area contributed by atoms with Crippen LogP contribution in [-0.2, 0) is 11.2 Å². The van der Waals surface area contributed by atoms with Crippen LogP contribution in [-0.4, -0.2) is 28.9 Å². The van der Waals surface area contributed by atoms with Crippen molar-refractivity contribution >= 4 is 25.2 Å². The second-order valence-corrected chi connectivity index (χ2v) is 4.57. The van der Waals surface area contributed by atoms with E-state index < -0.39 is 0 Å². The summed E-state index contributed by atoms with van der Waals surface area (Å²) in [6.45, 7) is 0. The van der Waals surface area contributed by atoms with Crippen molar-refractivity contribution in [3.8, 4) is 11.5 Å². The molecule has 2 radical (unpaired) electrons. The lowest BCUT2D eigenvalue weighted by Crippen LogP contribution is -2.19. The maximum absolute atomic E-state index is 12.0. The van der Waals surface area contributed by atoms with E-state index in [0.29, 0.717) is 11.4 Å². The Bertz CT molecular complexity index is 789. The molecule has 2 heterocycles. The summed E-state index contributed by atoms with van der Waals surface area (Å²) in [6, 6.07) is 10.7. The highest BCUT2D eigenvalue weighted by Crippen LogP contribution is 2.18. The van der Waals surface area contributed by atoms with Crippen molar-refractivity contribution in [1.29, 1.82) is 0 Å². The van der Waals surface area contributed by atoms with Gasteiger partial charge in [0.15, 0.2) is 0 Å². The molecule has 1 N–H and O–H groups in total. The monoisotopic (exact) mass is 290 g/mol. The molecular weight excluding hydrogens is 279 g/mol. The largest absolute Gasteiger partial charge is 0.403 e. The fraction of sp³-hybridized carbons (Fsp3) is 0.0667. The van der Waals surface area contributed by atoms with E-state index in [0.717, 1.165) is 11.1 Å². The number of benzene rings is 1. The van der Waals surface area contributed by atoms with Gasteiger partial charge >= 0.3 is 6.01 Å². The third kappa shape index (κ3) is 3.20. The van der Waals surface area contributed by atoms with Gasteiger partial charge in [-0.3, -0.25) is 15.1 Å². The fourth-order valence-electron chi connectivity index (χ4n) is 1.92. The lowest BCUT2D eigenvalue weighted by Gasteiger charge is -2.04.